The Morgan fingerprint density at radius 2 is 2.25 bits per heavy atom. The molecule has 0 N–H and O–H groups in total. The third-order valence-corrected chi connectivity index (χ3v) is 2.94. The predicted octanol–water partition coefficient (Wildman–Crippen LogP) is 1.63. The lowest BCUT2D eigenvalue weighted by Crippen LogP contribution is -2.04. The van der Waals surface area contributed by atoms with Crippen LogP contribution in [0.3, 0.4) is 0 Å². The van der Waals surface area contributed by atoms with E-state index < -0.39 is 0 Å². The Balaban J connectivity index is 2.22. The minimum Gasteiger partial charge on any atom is -0.292 e. The van der Waals surface area contributed by atoms with E-state index in [9.17, 15) is 0 Å². The molecule has 0 saturated carbocycles. The van der Waals surface area contributed by atoms with Gasteiger partial charge >= 0.3 is 0 Å². The summed E-state index contributed by atoms with van der Waals surface area (Å²) < 4.78 is 1.84. The van der Waals surface area contributed by atoms with Gasteiger partial charge < -0.3 is 0 Å². The first-order valence-corrected chi connectivity index (χ1v) is 5.31. The van der Waals surface area contributed by atoms with Crippen LogP contribution in [0.4, 0.5) is 0 Å². The SMILES string of the molecule is N#Cc1cccn1-c1ncnc2c1CCC2. The van der Waals surface area contributed by atoms with Crippen LogP contribution < -0.4 is 0 Å². The second kappa shape index (κ2) is 3.46. The van der Waals surface area contributed by atoms with E-state index in [-0.39, 0.29) is 0 Å². The number of hydrogen-bond acceptors (Lipinski definition) is 3. The van der Waals surface area contributed by atoms with Gasteiger partial charge in [0.25, 0.3) is 0 Å². The van der Waals surface area contributed by atoms with E-state index in [2.05, 4.69) is 16.0 Å². The smallest absolute Gasteiger partial charge is 0.144 e. The Labute approximate surface area is 93.2 Å². The molecule has 0 bridgehead atoms. The lowest BCUT2D eigenvalue weighted by Gasteiger charge is -2.08. The van der Waals surface area contributed by atoms with Gasteiger partial charge in [-0.05, 0) is 31.4 Å². The summed E-state index contributed by atoms with van der Waals surface area (Å²) in [5.74, 6) is 0.865. The van der Waals surface area contributed by atoms with Gasteiger partial charge in [-0.1, -0.05) is 0 Å². The van der Waals surface area contributed by atoms with Gasteiger partial charge in [0.05, 0.1) is 0 Å². The number of nitrogens with zero attached hydrogens (tertiary/aromatic N) is 4. The molecule has 16 heavy (non-hydrogen) atoms. The number of nitriles is 1. The number of rotatable bonds is 1. The molecule has 4 heteroatoms. The first-order chi connectivity index (χ1) is 7.90. The second-order valence-corrected chi connectivity index (χ2v) is 3.85. The lowest BCUT2D eigenvalue weighted by molar-refractivity contribution is 0.895. The topological polar surface area (TPSA) is 54.5 Å². The molecule has 0 aromatic carbocycles. The number of fused-ring (bicyclic) bond motifs is 1. The highest BCUT2D eigenvalue weighted by atomic mass is 15.1. The maximum Gasteiger partial charge on any atom is 0.144 e. The molecule has 0 atom stereocenters. The van der Waals surface area contributed by atoms with E-state index >= 15 is 0 Å². The average Bonchev–Trinajstić information content (AvgIpc) is 2.96. The van der Waals surface area contributed by atoms with Gasteiger partial charge in [0.15, 0.2) is 0 Å². The van der Waals surface area contributed by atoms with E-state index in [1.165, 1.54) is 5.56 Å². The van der Waals surface area contributed by atoms with Crippen molar-refractivity contribution in [3.63, 3.8) is 0 Å². The van der Waals surface area contributed by atoms with Crippen molar-refractivity contribution in [2.24, 2.45) is 0 Å². The highest BCUT2D eigenvalue weighted by Gasteiger charge is 2.18. The third-order valence-electron chi connectivity index (χ3n) is 2.94. The maximum atomic E-state index is 9.00. The average molecular weight is 210 g/mol. The molecule has 2 aromatic rings. The van der Waals surface area contributed by atoms with Gasteiger partial charge in [0.2, 0.25) is 0 Å². The molecule has 2 aromatic heterocycles. The zero-order chi connectivity index (χ0) is 11.0. The van der Waals surface area contributed by atoms with Crippen LogP contribution in [0.1, 0.15) is 23.4 Å². The van der Waals surface area contributed by atoms with E-state index in [1.807, 2.05) is 16.8 Å². The van der Waals surface area contributed by atoms with Gasteiger partial charge in [-0.25, -0.2) is 9.97 Å². The molecule has 4 nitrogen and oxygen atoms in total. The minimum absolute atomic E-state index is 0.618. The Morgan fingerprint density at radius 3 is 3.12 bits per heavy atom. The summed E-state index contributed by atoms with van der Waals surface area (Å²) in [6.07, 6.45) is 6.62. The second-order valence-electron chi connectivity index (χ2n) is 3.85. The van der Waals surface area contributed by atoms with Crippen LogP contribution in [0.5, 0.6) is 0 Å². The summed E-state index contributed by atoms with van der Waals surface area (Å²) in [4.78, 5) is 8.58. The molecule has 0 radical (unpaired) electrons. The van der Waals surface area contributed by atoms with Gasteiger partial charge in [-0.2, -0.15) is 5.26 Å². The molecule has 1 aliphatic rings. The zero-order valence-electron chi connectivity index (χ0n) is 8.72. The van der Waals surface area contributed by atoms with Gasteiger partial charge in [-0.15, -0.1) is 0 Å². The summed E-state index contributed by atoms with van der Waals surface area (Å²) in [5, 5.41) is 9.00. The highest BCUT2D eigenvalue weighted by Crippen LogP contribution is 2.25. The molecule has 1 aliphatic carbocycles. The van der Waals surface area contributed by atoms with E-state index in [0.717, 1.165) is 30.8 Å². The van der Waals surface area contributed by atoms with E-state index in [0.29, 0.717) is 5.69 Å². The largest absolute Gasteiger partial charge is 0.292 e. The van der Waals surface area contributed by atoms with Crippen molar-refractivity contribution in [2.45, 2.75) is 19.3 Å². The standard InChI is InChI=1S/C12H10N4/c13-7-9-3-2-6-16(9)12-10-4-1-5-11(10)14-8-15-12/h2-3,6,8H,1,4-5H2. The van der Waals surface area contributed by atoms with Crippen LogP contribution in [0.2, 0.25) is 0 Å². The quantitative estimate of drug-likeness (QED) is 0.718. The van der Waals surface area contributed by atoms with Crippen LogP contribution in [0.25, 0.3) is 5.82 Å². The lowest BCUT2D eigenvalue weighted by atomic mass is 10.2. The molecule has 0 amide bonds. The van der Waals surface area contributed by atoms with Crippen LogP contribution in [-0.4, -0.2) is 14.5 Å². The summed E-state index contributed by atoms with van der Waals surface area (Å²) >= 11 is 0. The molecular formula is C12H10N4. The van der Waals surface area contributed by atoms with Gasteiger partial charge in [0.1, 0.15) is 23.9 Å². The Bertz CT molecular complexity index is 577. The number of hydrogen-bond donors (Lipinski definition) is 0. The molecule has 0 aliphatic heterocycles. The fourth-order valence-electron chi connectivity index (χ4n) is 2.21. The highest BCUT2D eigenvalue weighted by molar-refractivity contribution is 5.43. The van der Waals surface area contributed by atoms with E-state index in [1.54, 1.807) is 12.4 Å². The first-order valence-electron chi connectivity index (χ1n) is 5.31. The predicted molar refractivity (Wildman–Crippen MR) is 58.1 cm³/mol. The van der Waals surface area contributed by atoms with Crippen molar-refractivity contribution < 1.29 is 0 Å². The Morgan fingerprint density at radius 1 is 1.31 bits per heavy atom. The monoisotopic (exact) mass is 210 g/mol. The molecule has 78 valence electrons. The molecule has 0 spiro atoms. The van der Waals surface area contributed by atoms with Crippen molar-refractivity contribution in [2.75, 3.05) is 0 Å². The molecule has 3 rings (SSSR count). The fraction of sp³-hybridized carbons (Fsp3) is 0.250. The molecule has 0 fully saturated rings. The van der Waals surface area contributed by atoms with Crippen molar-refractivity contribution in [3.8, 4) is 11.9 Å². The maximum absolute atomic E-state index is 9.00. The summed E-state index contributed by atoms with van der Waals surface area (Å²) in [7, 11) is 0. The zero-order valence-corrected chi connectivity index (χ0v) is 8.72. The molecule has 2 heterocycles. The molecule has 0 unspecified atom stereocenters. The van der Waals surface area contributed by atoms with Crippen molar-refractivity contribution in [1.29, 1.82) is 5.26 Å². The number of aryl methyl sites for hydroxylation is 1. The Kier molecular flexibility index (Phi) is 1.97. The van der Waals surface area contributed by atoms with Crippen molar-refractivity contribution in [1.82, 2.24) is 14.5 Å². The van der Waals surface area contributed by atoms with Crippen LogP contribution in [0, 0.1) is 11.3 Å². The Hall–Kier alpha value is -2.15. The summed E-state index contributed by atoms with van der Waals surface area (Å²) in [6.45, 7) is 0. The summed E-state index contributed by atoms with van der Waals surface area (Å²) in [6, 6.07) is 5.83. The number of aromatic nitrogens is 3. The van der Waals surface area contributed by atoms with Crippen LogP contribution >= 0.6 is 0 Å². The molecular weight excluding hydrogens is 200 g/mol. The minimum atomic E-state index is 0.618. The first kappa shape index (κ1) is 9.10. The van der Waals surface area contributed by atoms with Crippen LogP contribution in [-0.2, 0) is 12.8 Å². The third kappa shape index (κ3) is 1.22. The van der Waals surface area contributed by atoms with Crippen LogP contribution in [0.15, 0.2) is 24.7 Å². The van der Waals surface area contributed by atoms with Crippen molar-refractivity contribution >= 4 is 0 Å². The summed E-state index contributed by atoms with van der Waals surface area (Å²) in [5.41, 5.74) is 2.94. The molecule has 0 saturated heterocycles. The fourth-order valence-corrected chi connectivity index (χ4v) is 2.21. The normalized spacial score (nSPS) is 13.4. The van der Waals surface area contributed by atoms with E-state index in [4.69, 9.17) is 5.26 Å². The van der Waals surface area contributed by atoms with Gasteiger partial charge in [0, 0.05) is 17.5 Å². The van der Waals surface area contributed by atoms with Crippen molar-refractivity contribution in [3.05, 3.63) is 41.6 Å². The van der Waals surface area contributed by atoms with Gasteiger partial charge in [-0.3, -0.25) is 4.57 Å².